The number of para-hydroxylation sites is 1. The second-order valence-corrected chi connectivity index (χ2v) is 6.26. The van der Waals surface area contributed by atoms with Crippen LogP contribution in [-0.2, 0) is 16.6 Å². The lowest BCUT2D eigenvalue weighted by Crippen LogP contribution is -2.11. The molecule has 0 atom stereocenters. The van der Waals surface area contributed by atoms with E-state index >= 15 is 0 Å². The summed E-state index contributed by atoms with van der Waals surface area (Å²) < 4.78 is 26.5. The summed E-state index contributed by atoms with van der Waals surface area (Å²) >= 11 is 0. The molecule has 0 amide bonds. The van der Waals surface area contributed by atoms with Crippen molar-refractivity contribution < 1.29 is 13.5 Å². The Bertz CT molecular complexity index is 851. The van der Waals surface area contributed by atoms with Gasteiger partial charge in [0.1, 0.15) is 0 Å². The van der Waals surface area contributed by atoms with Gasteiger partial charge in [0.05, 0.1) is 17.0 Å². The molecular formula is C15H13NO3S. The fraction of sp³-hybridized carbons (Fsp3) is 0.0667. The molecule has 5 heteroatoms. The molecule has 3 rings (SSSR count). The van der Waals surface area contributed by atoms with Gasteiger partial charge in [-0.25, -0.2) is 12.4 Å². The van der Waals surface area contributed by atoms with Gasteiger partial charge in [-0.15, -0.1) is 0 Å². The van der Waals surface area contributed by atoms with Gasteiger partial charge in [-0.05, 0) is 18.2 Å². The number of hydrogen-bond donors (Lipinski definition) is 1. The molecule has 0 radical (unpaired) electrons. The molecule has 0 saturated heterocycles. The normalized spacial score (nSPS) is 11.8. The zero-order chi connectivity index (χ0) is 14.2. The van der Waals surface area contributed by atoms with Gasteiger partial charge in [-0.2, -0.15) is 0 Å². The van der Waals surface area contributed by atoms with Crippen LogP contribution in [0.4, 0.5) is 0 Å². The number of nitrogens with zero attached hydrogens (tertiary/aromatic N) is 1. The fourth-order valence-electron chi connectivity index (χ4n) is 2.25. The summed E-state index contributed by atoms with van der Waals surface area (Å²) in [5.41, 5.74) is 1.17. The molecule has 0 fully saturated rings. The first-order valence-corrected chi connectivity index (χ1v) is 7.59. The van der Waals surface area contributed by atoms with E-state index in [1.54, 1.807) is 48.5 Å². The Morgan fingerprint density at radius 2 is 1.60 bits per heavy atom. The van der Waals surface area contributed by atoms with E-state index in [2.05, 4.69) is 0 Å². The quantitative estimate of drug-likeness (QED) is 0.804. The number of hydrogen-bond acceptors (Lipinski definition) is 3. The average Bonchev–Trinajstić information content (AvgIpc) is 2.88. The topological polar surface area (TPSA) is 59.3 Å². The molecule has 0 spiro atoms. The van der Waals surface area contributed by atoms with Crippen LogP contribution in [0.25, 0.3) is 10.9 Å². The third-order valence-corrected chi connectivity index (χ3v) is 4.92. The van der Waals surface area contributed by atoms with E-state index in [4.69, 9.17) is 0 Å². The summed E-state index contributed by atoms with van der Waals surface area (Å²) in [5.74, 6) is 0. The molecular weight excluding hydrogens is 274 g/mol. The smallest absolute Gasteiger partial charge is 0.268 e. The summed E-state index contributed by atoms with van der Waals surface area (Å²) in [7, 11) is -3.65. The maximum atomic E-state index is 12.7. The predicted octanol–water partition coefficient (Wildman–Crippen LogP) is 2.37. The van der Waals surface area contributed by atoms with E-state index in [0.29, 0.717) is 11.1 Å². The van der Waals surface area contributed by atoms with Crippen molar-refractivity contribution in [2.24, 2.45) is 0 Å². The van der Waals surface area contributed by atoms with Gasteiger partial charge in [0.25, 0.3) is 10.0 Å². The van der Waals surface area contributed by atoms with Crippen molar-refractivity contribution in [1.82, 2.24) is 3.97 Å². The van der Waals surface area contributed by atoms with Crippen LogP contribution in [0.3, 0.4) is 0 Å². The number of aliphatic hydroxyl groups excluding tert-OH is 1. The maximum Gasteiger partial charge on any atom is 0.268 e. The van der Waals surface area contributed by atoms with Gasteiger partial charge in [0, 0.05) is 17.1 Å². The summed E-state index contributed by atoms with van der Waals surface area (Å²) in [4.78, 5) is 0.227. The Labute approximate surface area is 117 Å². The molecule has 0 aliphatic rings. The molecule has 0 bridgehead atoms. The van der Waals surface area contributed by atoms with Crippen molar-refractivity contribution in [1.29, 1.82) is 0 Å². The summed E-state index contributed by atoms with van der Waals surface area (Å²) in [6.45, 7) is -0.197. The molecule has 1 heterocycles. The minimum Gasteiger partial charge on any atom is -0.392 e. The summed E-state index contributed by atoms with van der Waals surface area (Å²) in [6.07, 6.45) is 1.48. The van der Waals surface area contributed by atoms with Crippen molar-refractivity contribution in [2.45, 2.75) is 11.5 Å². The van der Waals surface area contributed by atoms with Crippen LogP contribution in [0.1, 0.15) is 5.56 Å². The number of rotatable bonds is 3. The first kappa shape index (κ1) is 12.9. The Morgan fingerprint density at radius 1 is 0.950 bits per heavy atom. The lowest BCUT2D eigenvalue weighted by Gasteiger charge is -2.07. The fourth-order valence-corrected chi connectivity index (χ4v) is 3.66. The molecule has 4 nitrogen and oxygen atoms in total. The van der Waals surface area contributed by atoms with Crippen molar-refractivity contribution in [3.8, 4) is 0 Å². The highest BCUT2D eigenvalue weighted by Crippen LogP contribution is 2.25. The standard InChI is InChI=1S/C15H13NO3S/c17-11-12-10-16(15-9-5-4-8-14(12)15)20(18,19)13-6-2-1-3-7-13/h1-10,17H,11H2. The summed E-state index contributed by atoms with van der Waals surface area (Å²) in [6, 6.07) is 15.4. The largest absolute Gasteiger partial charge is 0.392 e. The molecule has 102 valence electrons. The number of aromatic nitrogens is 1. The SMILES string of the molecule is O=S(=O)(c1ccccc1)n1cc(CO)c2ccccc21. The molecule has 2 aromatic carbocycles. The molecule has 0 aliphatic carbocycles. The lowest BCUT2D eigenvalue weighted by molar-refractivity contribution is 0.283. The second-order valence-electron chi connectivity index (χ2n) is 4.44. The third kappa shape index (κ3) is 1.92. The van der Waals surface area contributed by atoms with Crippen LogP contribution in [-0.4, -0.2) is 17.5 Å². The van der Waals surface area contributed by atoms with Crippen LogP contribution in [0.15, 0.2) is 65.7 Å². The van der Waals surface area contributed by atoms with Crippen LogP contribution < -0.4 is 0 Å². The van der Waals surface area contributed by atoms with Crippen molar-refractivity contribution >= 4 is 20.9 Å². The van der Waals surface area contributed by atoms with Gasteiger partial charge in [0.2, 0.25) is 0 Å². The molecule has 0 unspecified atom stereocenters. The Morgan fingerprint density at radius 3 is 2.30 bits per heavy atom. The lowest BCUT2D eigenvalue weighted by atomic mass is 10.2. The van der Waals surface area contributed by atoms with E-state index in [0.717, 1.165) is 5.39 Å². The highest BCUT2D eigenvalue weighted by molar-refractivity contribution is 7.90. The van der Waals surface area contributed by atoms with Gasteiger partial charge in [-0.3, -0.25) is 0 Å². The highest BCUT2D eigenvalue weighted by Gasteiger charge is 2.20. The van der Waals surface area contributed by atoms with Gasteiger partial charge in [0.15, 0.2) is 0 Å². The van der Waals surface area contributed by atoms with E-state index in [-0.39, 0.29) is 11.5 Å². The van der Waals surface area contributed by atoms with Crippen molar-refractivity contribution in [2.75, 3.05) is 0 Å². The second kappa shape index (κ2) is 4.77. The van der Waals surface area contributed by atoms with Crippen LogP contribution in [0, 0.1) is 0 Å². The van der Waals surface area contributed by atoms with Crippen LogP contribution in [0.2, 0.25) is 0 Å². The number of aliphatic hydroxyl groups is 1. The van der Waals surface area contributed by atoms with Crippen molar-refractivity contribution in [3.05, 3.63) is 66.4 Å². The minimum absolute atomic E-state index is 0.197. The Hall–Kier alpha value is -2.11. The first-order valence-electron chi connectivity index (χ1n) is 6.15. The van der Waals surface area contributed by atoms with E-state index in [1.165, 1.54) is 10.2 Å². The van der Waals surface area contributed by atoms with E-state index in [1.807, 2.05) is 6.07 Å². The van der Waals surface area contributed by atoms with Gasteiger partial charge in [-0.1, -0.05) is 36.4 Å². The predicted molar refractivity (Wildman–Crippen MR) is 76.9 cm³/mol. The minimum atomic E-state index is -3.65. The molecule has 0 aliphatic heterocycles. The zero-order valence-corrected chi connectivity index (χ0v) is 11.4. The van der Waals surface area contributed by atoms with E-state index in [9.17, 15) is 13.5 Å². The Kier molecular flexibility index (Phi) is 3.08. The number of fused-ring (bicyclic) bond motifs is 1. The van der Waals surface area contributed by atoms with Crippen LogP contribution in [0.5, 0.6) is 0 Å². The molecule has 1 aromatic heterocycles. The van der Waals surface area contributed by atoms with E-state index < -0.39 is 10.0 Å². The number of benzene rings is 2. The highest BCUT2D eigenvalue weighted by atomic mass is 32.2. The first-order chi connectivity index (χ1) is 9.64. The third-order valence-electron chi connectivity index (χ3n) is 3.23. The Balaban J connectivity index is 2.30. The van der Waals surface area contributed by atoms with Gasteiger partial charge < -0.3 is 5.11 Å². The zero-order valence-electron chi connectivity index (χ0n) is 10.6. The summed E-state index contributed by atoms with van der Waals surface area (Å²) in [5, 5.41) is 10.1. The molecule has 20 heavy (non-hydrogen) atoms. The monoisotopic (exact) mass is 287 g/mol. The van der Waals surface area contributed by atoms with Crippen molar-refractivity contribution in [3.63, 3.8) is 0 Å². The molecule has 3 aromatic rings. The molecule has 0 saturated carbocycles. The maximum absolute atomic E-state index is 12.7. The van der Waals surface area contributed by atoms with Gasteiger partial charge >= 0.3 is 0 Å². The molecule has 1 N–H and O–H groups in total. The average molecular weight is 287 g/mol. The van der Waals surface area contributed by atoms with Crippen LogP contribution >= 0.6 is 0 Å².